The maximum Gasteiger partial charge on any atom is 0.322 e. The summed E-state index contributed by atoms with van der Waals surface area (Å²) in [6, 6.07) is 10.8. The molecule has 1 amide bonds. The van der Waals surface area contributed by atoms with Crippen LogP contribution in [-0.2, 0) is 9.84 Å². The van der Waals surface area contributed by atoms with Gasteiger partial charge in [-0.05, 0) is 50.2 Å². The zero-order valence-electron chi connectivity index (χ0n) is 16.7. The smallest absolute Gasteiger partial charge is 0.322 e. The number of hydrogen-bond donors (Lipinski definition) is 1. The van der Waals surface area contributed by atoms with Crippen LogP contribution >= 0.6 is 0 Å². The van der Waals surface area contributed by atoms with E-state index in [1.807, 2.05) is 13.8 Å². The highest BCUT2D eigenvalue weighted by Crippen LogP contribution is 2.29. The lowest BCUT2D eigenvalue weighted by Gasteiger charge is -2.11. The van der Waals surface area contributed by atoms with Crippen LogP contribution in [0.4, 0.5) is 6.01 Å². The summed E-state index contributed by atoms with van der Waals surface area (Å²) in [6.07, 6.45) is 1.11. The van der Waals surface area contributed by atoms with Gasteiger partial charge in [-0.25, -0.2) is 8.42 Å². The minimum absolute atomic E-state index is 0.0810. The molecule has 3 aromatic rings. The number of carbonyl (C=O) groups is 1. The summed E-state index contributed by atoms with van der Waals surface area (Å²) in [7, 11) is -3.38. The first-order valence-corrected chi connectivity index (χ1v) is 11.1. The molecule has 1 heterocycles. The van der Waals surface area contributed by atoms with E-state index in [4.69, 9.17) is 13.9 Å². The van der Waals surface area contributed by atoms with Crippen molar-refractivity contribution < 1.29 is 27.1 Å². The summed E-state index contributed by atoms with van der Waals surface area (Å²) in [5.41, 5.74) is 0.742. The van der Waals surface area contributed by atoms with Gasteiger partial charge in [0.1, 0.15) is 0 Å². The number of nitrogens with one attached hydrogen (secondary N) is 1. The van der Waals surface area contributed by atoms with E-state index < -0.39 is 15.7 Å². The minimum atomic E-state index is -3.38. The van der Waals surface area contributed by atoms with Crippen molar-refractivity contribution in [3.8, 4) is 23.0 Å². The molecule has 0 aliphatic rings. The molecule has 30 heavy (non-hydrogen) atoms. The third kappa shape index (κ3) is 4.95. The Labute approximate surface area is 174 Å². The number of anilines is 1. The zero-order chi connectivity index (χ0) is 21.7. The molecule has 10 heteroatoms. The number of carbonyl (C=O) groups excluding carboxylic acids is 1. The SMILES string of the molecule is CCOc1ccc(C(=O)Nc2nnc(-c3cccc(S(C)(=O)=O)c3)o2)cc1OCC. The van der Waals surface area contributed by atoms with Gasteiger partial charge in [-0.15, -0.1) is 5.10 Å². The molecule has 0 fully saturated rings. The van der Waals surface area contributed by atoms with E-state index >= 15 is 0 Å². The summed E-state index contributed by atoms with van der Waals surface area (Å²) < 4.78 is 39.9. The van der Waals surface area contributed by atoms with E-state index in [0.717, 1.165) is 6.26 Å². The second kappa shape index (κ2) is 8.95. The first-order valence-electron chi connectivity index (χ1n) is 9.16. The molecule has 0 aliphatic carbocycles. The molecule has 0 saturated heterocycles. The summed E-state index contributed by atoms with van der Waals surface area (Å²) in [5, 5.41) is 10.2. The molecule has 0 bridgehead atoms. The van der Waals surface area contributed by atoms with Crippen LogP contribution in [-0.4, -0.2) is 44.0 Å². The van der Waals surface area contributed by atoms with Gasteiger partial charge in [-0.3, -0.25) is 10.1 Å². The van der Waals surface area contributed by atoms with Crippen LogP contribution in [0.25, 0.3) is 11.5 Å². The average Bonchev–Trinajstić information content (AvgIpc) is 3.17. The predicted octanol–water partition coefficient (Wildman–Crippen LogP) is 3.19. The molecule has 0 spiro atoms. The van der Waals surface area contributed by atoms with Gasteiger partial charge in [0.05, 0.1) is 18.1 Å². The number of aromatic nitrogens is 2. The highest BCUT2D eigenvalue weighted by molar-refractivity contribution is 7.90. The first kappa shape index (κ1) is 21.3. The number of ether oxygens (including phenoxy) is 2. The van der Waals surface area contributed by atoms with Gasteiger partial charge in [0.2, 0.25) is 5.89 Å². The van der Waals surface area contributed by atoms with Gasteiger partial charge in [0, 0.05) is 17.4 Å². The van der Waals surface area contributed by atoms with Crippen LogP contribution in [0.2, 0.25) is 0 Å². The summed E-state index contributed by atoms with van der Waals surface area (Å²) in [4.78, 5) is 12.7. The molecular weight excluding hydrogens is 410 g/mol. The Morgan fingerprint density at radius 3 is 2.47 bits per heavy atom. The monoisotopic (exact) mass is 431 g/mol. The number of rotatable bonds is 8. The third-order valence-corrected chi connectivity index (χ3v) is 5.07. The number of amides is 1. The van der Waals surface area contributed by atoms with Crippen molar-refractivity contribution in [3.63, 3.8) is 0 Å². The third-order valence-electron chi connectivity index (χ3n) is 3.96. The van der Waals surface area contributed by atoms with Crippen molar-refractivity contribution in [3.05, 3.63) is 48.0 Å². The van der Waals surface area contributed by atoms with Crippen LogP contribution < -0.4 is 14.8 Å². The fourth-order valence-electron chi connectivity index (χ4n) is 2.61. The Morgan fingerprint density at radius 1 is 1.03 bits per heavy atom. The van der Waals surface area contributed by atoms with Crippen molar-refractivity contribution >= 4 is 21.8 Å². The van der Waals surface area contributed by atoms with Gasteiger partial charge in [0.25, 0.3) is 5.91 Å². The average molecular weight is 431 g/mol. The highest BCUT2D eigenvalue weighted by atomic mass is 32.2. The molecule has 0 radical (unpaired) electrons. The quantitative estimate of drug-likeness (QED) is 0.577. The van der Waals surface area contributed by atoms with E-state index in [9.17, 15) is 13.2 Å². The van der Waals surface area contributed by atoms with E-state index in [0.29, 0.717) is 35.8 Å². The Hall–Kier alpha value is -3.40. The second-order valence-electron chi connectivity index (χ2n) is 6.19. The van der Waals surface area contributed by atoms with Gasteiger partial charge in [-0.2, -0.15) is 0 Å². The summed E-state index contributed by atoms with van der Waals surface area (Å²) in [6.45, 7) is 4.58. The maximum atomic E-state index is 12.6. The summed E-state index contributed by atoms with van der Waals surface area (Å²) in [5.74, 6) is 0.606. The fourth-order valence-corrected chi connectivity index (χ4v) is 3.28. The number of hydrogen-bond acceptors (Lipinski definition) is 8. The summed E-state index contributed by atoms with van der Waals surface area (Å²) >= 11 is 0. The molecule has 2 aromatic carbocycles. The molecule has 158 valence electrons. The Kier molecular flexibility index (Phi) is 6.36. The lowest BCUT2D eigenvalue weighted by atomic mass is 10.2. The van der Waals surface area contributed by atoms with Crippen molar-refractivity contribution in [1.29, 1.82) is 0 Å². The van der Waals surface area contributed by atoms with Crippen molar-refractivity contribution in [2.45, 2.75) is 18.7 Å². The van der Waals surface area contributed by atoms with Gasteiger partial charge < -0.3 is 13.9 Å². The lowest BCUT2D eigenvalue weighted by molar-refractivity contribution is 0.102. The minimum Gasteiger partial charge on any atom is -0.490 e. The van der Waals surface area contributed by atoms with Crippen LogP contribution in [0, 0.1) is 0 Å². The number of nitrogens with zero attached hydrogens (tertiary/aromatic N) is 2. The molecule has 9 nitrogen and oxygen atoms in total. The normalized spacial score (nSPS) is 11.2. The molecule has 0 atom stereocenters. The van der Waals surface area contributed by atoms with E-state index in [1.165, 1.54) is 12.1 Å². The predicted molar refractivity (Wildman–Crippen MR) is 110 cm³/mol. The van der Waals surface area contributed by atoms with Crippen molar-refractivity contribution in [2.24, 2.45) is 0 Å². The highest BCUT2D eigenvalue weighted by Gasteiger charge is 2.16. The second-order valence-corrected chi connectivity index (χ2v) is 8.21. The standard InChI is InChI=1S/C20H21N3O6S/c1-4-27-16-10-9-13(12-17(16)28-5-2)18(24)21-20-23-22-19(29-20)14-7-6-8-15(11-14)30(3,25)26/h6-12H,4-5H2,1-3H3,(H,21,23,24). The van der Waals surface area contributed by atoms with Crippen LogP contribution in [0.1, 0.15) is 24.2 Å². The van der Waals surface area contributed by atoms with E-state index in [-0.39, 0.29) is 16.8 Å². The Morgan fingerprint density at radius 2 is 1.77 bits per heavy atom. The van der Waals surface area contributed by atoms with E-state index in [1.54, 1.807) is 30.3 Å². The molecule has 1 aromatic heterocycles. The lowest BCUT2D eigenvalue weighted by Crippen LogP contribution is -2.12. The van der Waals surface area contributed by atoms with E-state index in [2.05, 4.69) is 15.5 Å². The van der Waals surface area contributed by atoms with Crippen LogP contribution in [0.5, 0.6) is 11.5 Å². The van der Waals surface area contributed by atoms with Gasteiger partial charge >= 0.3 is 6.01 Å². The van der Waals surface area contributed by atoms with Crippen molar-refractivity contribution in [1.82, 2.24) is 10.2 Å². The number of benzene rings is 2. The zero-order valence-corrected chi connectivity index (χ0v) is 17.5. The van der Waals surface area contributed by atoms with Crippen LogP contribution in [0.15, 0.2) is 51.8 Å². The molecule has 0 aliphatic heterocycles. The maximum absolute atomic E-state index is 12.6. The Balaban J connectivity index is 1.79. The number of sulfone groups is 1. The molecule has 3 rings (SSSR count). The van der Waals surface area contributed by atoms with Crippen LogP contribution in [0.3, 0.4) is 0 Å². The largest absolute Gasteiger partial charge is 0.490 e. The van der Waals surface area contributed by atoms with Crippen molar-refractivity contribution in [2.75, 3.05) is 24.8 Å². The molecular formula is C20H21N3O6S. The first-order chi connectivity index (χ1) is 14.3. The fraction of sp³-hybridized carbons (Fsp3) is 0.250. The van der Waals surface area contributed by atoms with Gasteiger partial charge in [0.15, 0.2) is 21.3 Å². The molecule has 0 saturated carbocycles. The van der Waals surface area contributed by atoms with Gasteiger partial charge in [-0.1, -0.05) is 11.2 Å². The Bertz CT molecular complexity index is 1160. The molecule has 0 unspecified atom stereocenters. The molecule has 1 N–H and O–H groups in total. The topological polar surface area (TPSA) is 121 Å².